The van der Waals surface area contributed by atoms with Crippen molar-refractivity contribution in [2.24, 2.45) is 0 Å². The van der Waals surface area contributed by atoms with Gasteiger partial charge in [0.15, 0.2) is 5.16 Å². The van der Waals surface area contributed by atoms with E-state index >= 15 is 0 Å². The van der Waals surface area contributed by atoms with Crippen LogP contribution in [0.4, 0.5) is 0 Å². The van der Waals surface area contributed by atoms with Gasteiger partial charge >= 0.3 is 5.97 Å². The van der Waals surface area contributed by atoms with Crippen molar-refractivity contribution in [1.82, 2.24) is 14.8 Å². The molecule has 2 rings (SSSR count). The van der Waals surface area contributed by atoms with Crippen LogP contribution in [0.5, 0.6) is 0 Å². The standard InChI is InChI=1S/C12H19N3O2S2/c1-12(2,3)15-10(8-4-5-18-6-8)13-14-11(15)19-7-9(16)17/h8H,4-7H2,1-3H3,(H,16,17). The largest absolute Gasteiger partial charge is 0.481 e. The van der Waals surface area contributed by atoms with Crippen LogP contribution in [-0.2, 0) is 10.3 Å². The summed E-state index contributed by atoms with van der Waals surface area (Å²) in [6.45, 7) is 6.31. The number of carboxylic acids is 1. The first-order valence-electron chi connectivity index (χ1n) is 6.27. The van der Waals surface area contributed by atoms with Crippen LogP contribution in [0.1, 0.15) is 38.9 Å². The van der Waals surface area contributed by atoms with E-state index in [1.807, 2.05) is 11.8 Å². The Morgan fingerprint density at radius 2 is 2.26 bits per heavy atom. The highest BCUT2D eigenvalue weighted by molar-refractivity contribution is 7.99. The molecule has 19 heavy (non-hydrogen) atoms. The normalized spacial score (nSPS) is 19.8. The van der Waals surface area contributed by atoms with Crippen molar-refractivity contribution in [1.29, 1.82) is 0 Å². The minimum atomic E-state index is -0.827. The van der Waals surface area contributed by atoms with Gasteiger partial charge in [-0.3, -0.25) is 4.79 Å². The summed E-state index contributed by atoms with van der Waals surface area (Å²) in [6, 6.07) is 0. The topological polar surface area (TPSA) is 68.0 Å². The smallest absolute Gasteiger partial charge is 0.313 e. The van der Waals surface area contributed by atoms with Gasteiger partial charge in [0.2, 0.25) is 0 Å². The highest BCUT2D eigenvalue weighted by atomic mass is 32.2. The molecular weight excluding hydrogens is 282 g/mol. The van der Waals surface area contributed by atoms with Crippen LogP contribution in [0.15, 0.2) is 5.16 Å². The quantitative estimate of drug-likeness (QED) is 0.862. The number of carboxylic acid groups (broad SMARTS) is 1. The first kappa shape index (κ1) is 14.7. The molecule has 1 aromatic heterocycles. The average Bonchev–Trinajstić information content (AvgIpc) is 2.93. The molecule has 1 aliphatic rings. The number of aromatic nitrogens is 3. The van der Waals surface area contributed by atoms with E-state index in [4.69, 9.17) is 5.11 Å². The van der Waals surface area contributed by atoms with Crippen LogP contribution in [0.3, 0.4) is 0 Å². The van der Waals surface area contributed by atoms with Gasteiger partial charge in [-0.1, -0.05) is 11.8 Å². The minimum Gasteiger partial charge on any atom is -0.481 e. The molecule has 7 heteroatoms. The average molecular weight is 301 g/mol. The third-order valence-corrected chi connectivity index (χ3v) is 5.02. The lowest BCUT2D eigenvalue weighted by Crippen LogP contribution is -2.26. The molecule has 0 aromatic carbocycles. The maximum absolute atomic E-state index is 10.7. The van der Waals surface area contributed by atoms with Gasteiger partial charge in [-0.15, -0.1) is 10.2 Å². The fraction of sp³-hybridized carbons (Fsp3) is 0.750. The van der Waals surface area contributed by atoms with E-state index < -0.39 is 5.97 Å². The second kappa shape index (κ2) is 5.75. The molecule has 0 aliphatic carbocycles. The number of hydrogen-bond donors (Lipinski definition) is 1. The third-order valence-electron chi connectivity index (χ3n) is 2.95. The molecular formula is C12H19N3O2S2. The number of thioether (sulfide) groups is 2. The molecule has 1 unspecified atom stereocenters. The van der Waals surface area contributed by atoms with Crippen LogP contribution < -0.4 is 0 Å². The van der Waals surface area contributed by atoms with Gasteiger partial charge in [-0.2, -0.15) is 11.8 Å². The zero-order valence-corrected chi connectivity index (χ0v) is 13.1. The van der Waals surface area contributed by atoms with E-state index in [0.29, 0.717) is 11.1 Å². The van der Waals surface area contributed by atoms with Gasteiger partial charge in [0.25, 0.3) is 0 Å². The van der Waals surface area contributed by atoms with E-state index in [0.717, 1.165) is 18.0 Å². The number of aliphatic carboxylic acids is 1. The molecule has 1 atom stereocenters. The summed E-state index contributed by atoms with van der Waals surface area (Å²) in [7, 11) is 0. The van der Waals surface area contributed by atoms with Crippen LogP contribution in [-0.4, -0.2) is 43.1 Å². The van der Waals surface area contributed by atoms with E-state index in [1.165, 1.54) is 17.5 Å². The predicted molar refractivity (Wildman–Crippen MR) is 78.1 cm³/mol. The van der Waals surface area contributed by atoms with Gasteiger partial charge in [0.1, 0.15) is 5.82 Å². The molecule has 0 amide bonds. The monoisotopic (exact) mass is 301 g/mol. The molecule has 0 radical (unpaired) electrons. The van der Waals surface area contributed by atoms with Crippen LogP contribution in [0.2, 0.25) is 0 Å². The molecule has 0 spiro atoms. The Labute approximate surface area is 121 Å². The number of nitrogens with zero attached hydrogens (tertiary/aromatic N) is 3. The van der Waals surface area contributed by atoms with Crippen molar-refractivity contribution < 1.29 is 9.90 Å². The summed E-state index contributed by atoms with van der Waals surface area (Å²) >= 11 is 3.19. The van der Waals surface area contributed by atoms with Crippen molar-refractivity contribution in [3.8, 4) is 0 Å². The van der Waals surface area contributed by atoms with Gasteiger partial charge in [-0.25, -0.2) is 0 Å². The zero-order chi connectivity index (χ0) is 14.0. The fourth-order valence-electron chi connectivity index (χ4n) is 2.13. The molecule has 1 N–H and O–H groups in total. The van der Waals surface area contributed by atoms with Crippen LogP contribution in [0, 0.1) is 0 Å². The number of carbonyl (C=O) groups is 1. The Kier molecular flexibility index (Phi) is 4.45. The lowest BCUT2D eigenvalue weighted by Gasteiger charge is -2.26. The summed E-state index contributed by atoms with van der Waals surface area (Å²) in [5.41, 5.74) is -0.132. The predicted octanol–water partition coefficient (Wildman–Crippen LogP) is 2.43. The maximum atomic E-state index is 10.7. The summed E-state index contributed by atoms with van der Waals surface area (Å²) in [5.74, 6) is 2.89. The van der Waals surface area contributed by atoms with Gasteiger partial charge in [0.05, 0.1) is 5.75 Å². The first-order chi connectivity index (χ1) is 8.89. The molecule has 0 saturated carbocycles. The number of hydrogen-bond acceptors (Lipinski definition) is 5. The van der Waals surface area contributed by atoms with Gasteiger partial charge < -0.3 is 9.67 Å². The van der Waals surface area contributed by atoms with Crippen molar-refractivity contribution in [2.75, 3.05) is 17.3 Å². The van der Waals surface area contributed by atoms with Crippen LogP contribution >= 0.6 is 23.5 Å². The van der Waals surface area contributed by atoms with Crippen molar-refractivity contribution in [3.63, 3.8) is 0 Å². The first-order valence-corrected chi connectivity index (χ1v) is 8.41. The lowest BCUT2D eigenvalue weighted by molar-refractivity contribution is -0.133. The minimum absolute atomic E-state index is 0.0215. The third kappa shape index (κ3) is 3.45. The molecule has 2 heterocycles. The van der Waals surface area contributed by atoms with E-state index in [-0.39, 0.29) is 11.3 Å². The molecule has 1 fully saturated rings. The summed E-state index contributed by atoms with van der Waals surface area (Å²) < 4.78 is 2.11. The Balaban J connectivity index is 2.30. The Morgan fingerprint density at radius 3 is 2.79 bits per heavy atom. The molecule has 1 saturated heterocycles. The lowest BCUT2D eigenvalue weighted by atomic mass is 10.0. The Hall–Kier alpha value is -0.690. The van der Waals surface area contributed by atoms with Gasteiger partial charge in [0, 0.05) is 17.2 Å². The molecule has 5 nitrogen and oxygen atoms in total. The van der Waals surface area contributed by atoms with Crippen molar-refractivity contribution in [2.45, 2.75) is 43.8 Å². The fourth-order valence-corrected chi connectivity index (χ4v) is 4.20. The Bertz CT molecular complexity index is 462. The second-order valence-electron chi connectivity index (χ2n) is 5.59. The van der Waals surface area contributed by atoms with Gasteiger partial charge in [-0.05, 0) is 32.9 Å². The molecule has 106 valence electrons. The molecule has 0 bridgehead atoms. The Morgan fingerprint density at radius 1 is 1.53 bits per heavy atom. The van der Waals surface area contributed by atoms with Crippen LogP contribution in [0.25, 0.3) is 0 Å². The highest BCUT2D eigenvalue weighted by Gasteiger charge is 2.30. The summed E-state index contributed by atoms with van der Waals surface area (Å²) in [6.07, 6.45) is 1.13. The van der Waals surface area contributed by atoms with Crippen molar-refractivity contribution >= 4 is 29.5 Å². The summed E-state index contributed by atoms with van der Waals surface area (Å²) in [5, 5.41) is 18.0. The SMILES string of the molecule is CC(C)(C)n1c(SCC(=O)O)nnc1C1CCSC1. The molecule has 1 aliphatic heterocycles. The second-order valence-corrected chi connectivity index (χ2v) is 7.68. The number of rotatable bonds is 4. The van der Waals surface area contributed by atoms with E-state index in [9.17, 15) is 4.79 Å². The summed E-state index contributed by atoms with van der Waals surface area (Å²) in [4.78, 5) is 10.7. The van der Waals surface area contributed by atoms with E-state index in [2.05, 4.69) is 35.5 Å². The highest BCUT2D eigenvalue weighted by Crippen LogP contribution is 2.35. The maximum Gasteiger partial charge on any atom is 0.313 e. The van der Waals surface area contributed by atoms with Crippen molar-refractivity contribution in [3.05, 3.63) is 5.82 Å². The zero-order valence-electron chi connectivity index (χ0n) is 11.4. The molecule has 1 aromatic rings. The van der Waals surface area contributed by atoms with E-state index in [1.54, 1.807) is 0 Å².